The highest BCUT2D eigenvalue weighted by molar-refractivity contribution is 7.92. The van der Waals surface area contributed by atoms with Crippen molar-refractivity contribution in [2.75, 3.05) is 10.5 Å². The average molecular weight is 262 g/mol. The minimum Gasteiger partial charge on any atom is -0.478 e. The number of thiazole rings is 1. The van der Waals surface area contributed by atoms with Crippen molar-refractivity contribution in [3.63, 3.8) is 0 Å². The van der Waals surface area contributed by atoms with E-state index in [2.05, 4.69) is 9.71 Å². The van der Waals surface area contributed by atoms with Crippen LogP contribution in [0.4, 0.5) is 5.13 Å². The lowest BCUT2D eigenvalue weighted by Gasteiger charge is -1.99. The fourth-order valence-corrected chi connectivity index (χ4v) is 2.35. The summed E-state index contributed by atoms with van der Waals surface area (Å²) in [5, 5.41) is 8.62. The zero-order valence-electron chi connectivity index (χ0n) is 8.37. The first-order valence-electron chi connectivity index (χ1n) is 4.30. The summed E-state index contributed by atoms with van der Waals surface area (Å²) in [7, 11) is -3.33. The van der Waals surface area contributed by atoms with Crippen molar-refractivity contribution in [2.45, 2.75) is 6.92 Å². The fourth-order valence-electron chi connectivity index (χ4n) is 0.769. The SMILES string of the molecule is CCS(=O)(=O)Nc1ncc(/C=C/C(=O)O)s1. The minimum atomic E-state index is -3.33. The molecule has 0 radical (unpaired) electrons. The Morgan fingerprint density at radius 3 is 2.94 bits per heavy atom. The van der Waals surface area contributed by atoms with Crippen LogP contribution < -0.4 is 4.72 Å². The number of aliphatic carboxylic acids is 1. The number of carboxylic acid groups (broad SMARTS) is 1. The maximum Gasteiger partial charge on any atom is 0.328 e. The summed E-state index contributed by atoms with van der Waals surface area (Å²) >= 11 is 1.07. The second-order valence-electron chi connectivity index (χ2n) is 2.74. The number of hydrogen-bond donors (Lipinski definition) is 2. The Morgan fingerprint density at radius 1 is 1.69 bits per heavy atom. The summed E-state index contributed by atoms with van der Waals surface area (Å²) in [5.74, 6) is -1.10. The van der Waals surface area contributed by atoms with Crippen molar-refractivity contribution in [1.29, 1.82) is 0 Å². The molecule has 0 spiro atoms. The number of aromatic nitrogens is 1. The molecule has 2 N–H and O–H groups in total. The smallest absolute Gasteiger partial charge is 0.328 e. The lowest BCUT2D eigenvalue weighted by atomic mass is 10.4. The second-order valence-corrected chi connectivity index (χ2v) is 5.82. The van der Waals surface area contributed by atoms with Crippen molar-refractivity contribution in [3.8, 4) is 0 Å². The summed E-state index contributed by atoms with van der Waals surface area (Å²) < 4.78 is 24.6. The molecule has 0 amide bonds. The third-order valence-electron chi connectivity index (χ3n) is 1.54. The van der Waals surface area contributed by atoms with Gasteiger partial charge in [-0.25, -0.2) is 18.2 Å². The largest absolute Gasteiger partial charge is 0.478 e. The van der Waals surface area contributed by atoms with Crippen molar-refractivity contribution >= 4 is 38.5 Å². The van der Waals surface area contributed by atoms with E-state index < -0.39 is 16.0 Å². The molecule has 0 atom stereocenters. The molecule has 88 valence electrons. The van der Waals surface area contributed by atoms with Gasteiger partial charge in [0.2, 0.25) is 10.0 Å². The number of nitrogens with one attached hydrogen (secondary N) is 1. The quantitative estimate of drug-likeness (QED) is 0.772. The van der Waals surface area contributed by atoms with Crippen LogP contribution in [0.25, 0.3) is 6.08 Å². The number of nitrogens with zero attached hydrogens (tertiary/aromatic N) is 1. The zero-order chi connectivity index (χ0) is 12.2. The van der Waals surface area contributed by atoms with Crippen LogP contribution in [0.2, 0.25) is 0 Å². The van der Waals surface area contributed by atoms with Crippen molar-refractivity contribution in [1.82, 2.24) is 4.98 Å². The first-order chi connectivity index (χ1) is 7.43. The molecule has 1 rings (SSSR count). The van der Waals surface area contributed by atoms with Crippen LogP contribution in [0.1, 0.15) is 11.8 Å². The molecule has 0 aliphatic rings. The third kappa shape index (κ3) is 3.99. The van der Waals surface area contributed by atoms with Crippen molar-refractivity contribution in [2.24, 2.45) is 0 Å². The minimum absolute atomic E-state index is 0.0348. The lowest BCUT2D eigenvalue weighted by molar-refractivity contribution is -0.131. The summed E-state index contributed by atoms with van der Waals surface area (Å²) in [4.78, 5) is 14.6. The average Bonchev–Trinajstić information content (AvgIpc) is 2.62. The van der Waals surface area contributed by atoms with E-state index in [1.165, 1.54) is 19.2 Å². The van der Waals surface area contributed by atoms with Gasteiger partial charge in [0.1, 0.15) is 0 Å². The van der Waals surface area contributed by atoms with Gasteiger partial charge in [-0.15, -0.1) is 0 Å². The monoisotopic (exact) mass is 262 g/mol. The van der Waals surface area contributed by atoms with Crippen LogP contribution >= 0.6 is 11.3 Å². The van der Waals surface area contributed by atoms with Gasteiger partial charge >= 0.3 is 5.97 Å². The predicted molar refractivity (Wildman–Crippen MR) is 61.9 cm³/mol. The Morgan fingerprint density at radius 2 is 2.38 bits per heavy atom. The first kappa shape index (κ1) is 12.7. The van der Waals surface area contributed by atoms with Crippen LogP contribution in [0.15, 0.2) is 12.3 Å². The molecule has 6 nitrogen and oxygen atoms in total. The Kier molecular flexibility index (Phi) is 4.02. The van der Waals surface area contributed by atoms with Crippen LogP contribution in [0, 0.1) is 0 Å². The molecule has 0 saturated heterocycles. The Balaban J connectivity index is 2.76. The zero-order valence-corrected chi connectivity index (χ0v) is 10.0. The molecule has 16 heavy (non-hydrogen) atoms. The highest BCUT2D eigenvalue weighted by atomic mass is 32.2. The first-order valence-corrected chi connectivity index (χ1v) is 6.77. The Labute approximate surface area is 96.7 Å². The molecule has 0 aliphatic carbocycles. The normalized spacial score (nSPS) is 11.8. The van der Waals surface area contributed by atoms with E-state index in [0.717, 1.165) is 17.4 Å². The fraction of sp³-hybridized carbons (Fsp3) is 0.250. The van der Waals surface area contributed by atoms with Gasteiger partial charge < -0.3 is 5.11 Å². The number of rotatable bonds is 5. The van der Waals surface area contributed by atoms with E-state index >= 15 is 0 Å². The number of anilines is 1. The molecular formula is C8H10N2O4S2. The predicted octanol–water partition coefficient (Wildman–Crippen LogP) is 1.00. The molecule has 0 aliphatic heterocycles. The maximum absolute atomic E-state index is 11.2. The Bertz CT molecular complexity index is 504. The van der Waals surface area contributed by atoms with Crippen molar-refractivity contribution < 1.29 is 18.3 Å². The topological polar surface area (TPSA) is 96.4 Å². The number of carbonyl (C=O) groups is 1. The number of carboxylic acids is 1. The van der Waals surface area contributed by atoms with Gasteiger partial charge in [-0.2, -0.15) is 0 Å². The van der Waals surface area contributed by atoms with E-state index in [4.69, 9.17) is 5.11 Å². The highest BCUT2D eigenvalue weighted by Crippen LogP contribution is 2.20. The van der Waals surface area contributed by atoms with Gasteiger partial charge in [-0.3, -0.25) is 4.72 Å². The summed E-state index contributed by atoms with van der Waals surface area (Å²) in [6, 6.07) is 0. The second kappa shape index (κ2) is 5.08. The van der Waals surface area contributed by atoms with Gasteiger partial charge in [-0.05, 0) is 13.0 Å². The molecule has 0 fully saturated rings. The van der Waals surface area contributed by atoms with Gasteiger partial charge in [-0.1, -0.05) is 11.3 Å². The molecule has 0 saturated carbocycles. The van der Waals surface area contributed by atoms with E-state index in [1.54, 1.807) is 0 Å². The van der Waals surface area contributed by atoms with E-state index in [9.17, 15) is 13.2 Å². The van der Waals surface area contributed by atoms with Crippen LogP contribution in [-0.2, 0) is 14.8 Å². The molecule has 0 unspecified atom stereocenters. The summed E-state index contributed by atoms with van der Waals surface area (Å²) in [6.07, 6.45) is 3.72. The highest BCUT2D eigenvalue weighted by Gasteiger charge is 2.09. The molecule has 1 heterocycles. The number of sulfonamides is 1. The van der Waals surface area contributed by atoms with Crippen LogP contribution in [0.3, 0.4) is 0 Å². The van der Waals surface area contributed by atoms with Crippen molar-refractivity contribution in [3.05, 3.63) is 17.2 Å². The van der Waals surface area contributed by atoms with E-state index in [-0.39, 0.29) is 10.9 Å². The van der Waals surface area contributed by atoms with Gasteiger partial charge in [0.05, 0.1) is 5.75 Å². The third-order valence-corrected chi connectivity index (χ3v) is 3.81. The van der Waals surface area contributed by atoms with Gasteiger partial charge in [0.25, 0.3) is 0 Å². The standard InChI is InChI=1S/C8H10N2O4S2/c1-2-16(13,14)10-8-9-5-6(15-8)3-4-7(11)12/h3-5H,2H2,1H3,(H,9,10)(H,11,12)/b4-3+. The molecule has 8 heteroatoms. The molecule has 1 aromatic heterocycles. The lowest BCUT2D eigenvalue weighted by Crippen LogP contribution is -2.14. The van der Waals surface area contributed by atoms with E-state index in [1.807, 2.05) is 0 Å². The van der Waals surface area contributed by atoms with E-state index in [0.29, 0.717) is 4.88 Å². The van der Waals surface area contributed by atoms with Crippen LogP contribution in [0.5, 0.6) is 0 Å². The van der Waals surface area contributed by atoms with Gasteiger partial charge in [0, 0.05) is 17.2 Å². The maximum atomic E-state index is 11.2. The van der Waals surface area contributed by atoms with Crippen LogP contribution in [-0.4, -0.2) is 30.2 Å². The molecule has 0 aromatic carbocycles. The molecular weight excluding hydrogens is 252 g/mol. The molecule has 0 bridgehead atoms. The summed E-state index contributed by atoms with van der Waals surface area (Å²) in [6.45, 7) is 1.52. The Hall–Kier alpha value is -1.41. The number of hydrogen-bond acceptors (Lipinski definition) is 5. The van der Waals surface area contributed by atoms with Gasteiger partial charge in [0.15, 0.2) is 5.13 Å². The molecule has 1 aromatic rings. The summed E-state index contributed by atoms with van der Waals surface area (Å²) in [5.41, 5.74) is 0.